The molecule has 0 radical (unpaired) electrons. The summed E-state index contributed by atoms with van der Waals surface area (Å²) in [5.74, 6) is -0.693. The van der Waals surface area contributed by atoms with Gasteiger partial charge in [-0.2, -0.15) is 31.4 Å². The Morgan fingerprint density at radius 3 is 2.26 bits per heavy atom. The zero-order valence-electron chi connectivity index (χ0n) is 23.4. The molecule has 1 aliphatic rings. The highest BCUT2D eigenvalue weighted by Crippen LogP contribution is 2.45. The first-order chi connectivity index (χ1) is 20.4. The van der Waals surface area contributed by atoms with E-state index in [1.54, 1.807) is 54.6 Å². The lowest BCUT2D eigenvalue weighted by molar-refractivity contribution is -0.173. The number of carbonyl (C=O) groups excluding carboxylic acids is 1. The second kappa shape index (κ2) is 11.4. The second-order valence-electron chi connectivity index (χ2n) is 10.6. The van der Waals surface area contributed by atoms with E-state index in [2.05, 4.69) is 15.7 Å². The van der Waals surface area contributed by atoms with Crippen molar-refractivity contribution in [3.63, 3.8) is 0 Å². The van der Waals surface area contributed by atoms with Gasteiger partial charge in [0.15, 0.2) is 6.04 Å². The first-order valence-electron chi connectivity index (χ1n) is 13.9. The van der Waals surface area contributed by atoms with Crippen molar-refractivity contribution < 1.29 is 31.1 Å². The molecule has 0 fully saturated rings. The predicted octanol–water partition coefficient (Wildman–Crippen LogP) is 8.67. The number of halogens is 6. The molecule has 43 heavy (non-hydrogen) atoms. The minimum absolute atomic E-state index is 0.00401. The van der Waals surface area contributed by atoms with Gasteiger partial charge in [-0.15, -0.1) is 0 Å². The minimum atomic E-state index is -4.60. The van der Waals surface area contributed by atoms with Gasteiger partial charge in [0, 0.05) is 6.42 Å². The first-order valence-corrected chi connectivity index (χ1v) is 13.9. The van der Waals surface area contributed by atoms with Crippen molar-refractivity contribution in [2.75, 3.05) is 5.32 Å². The molecule has 3 aromatic carbocycles. The monoisotopic (exact) mass is 600 g/mol. The second-order valence-corrected chi connectivity index (χ2v) is 10.6. The molecule has 0 aliphatic carbocycles. The van der Waals surface area contributed by atoms with Gasteiger partial charge < -0.3 is 10.6 Å². The zero-order chi connectivity index (χ0) is 31.0. The molecule has 0 bridgehead atoms. The average Bonchev–Trinajstić information content (AvgIpc) is 3.43. The fraction of sp³-hybridized carbons (Fsp3) is 0.312. The molecule has 2 atom stereocenters. The van der Waals surface area contributed by atoms with E-state index in [1.165, 1.54) is 18.2 Å². The molecule has 0 spiro atoms. The highest BCUT2D eigenvalue weighted by atomic mass is 19.4. The summed E-state index contributed by atoms with van der Waals surface area (Å²) in [5.41, 5.74) is -0.308. The number of benzene rings is 3. The zero-order valence-corrected chi connectivity index (χ0v) is 23.4. The van der Waals surface area contributed by atoms with Crippen LogP contribution in [0.2, 0.25) is 0 Å². The maximum Gasteiger partial charge on any atom is 0.417 e. The number of nitrogens with one attached hydrogen (secondary N) is 2. The minimum Gasteiger partial charge on any atom is -0.363 e. The third-order valence-electron chi connectivity index (χ3n) is 8.20. The standard InChI is InChI=1S/C32H30F6N4O/c1-3-30(4-2,22-14-10-13-21(17-22)23-15-8-9-16-25(23)31(33,34)35)41-29(43)24-19-39-42-27(32(36,37)38)18-26(40-28(24)42)20-11-6-5-7-12-20/h5-17,19,26-27,40H,3-4,18H2,1-2H3,(H,41,43). The van der Waals surface area contributed by atoms with Gasteiger partial charge in [-0.05, 0) is 47.2 Å². The number of aromatic nitrogens is 2. The summed E-state index contributed by atoms with van der Waals surface area (Å²) in [6.07, 6.45) is -7.61. The quantitative estimate of drug-likeness (QED) is 0.209. The molecule has 11 heteroatoms. The Morgan fingerprint density at radius 2 is 1.60 bits per heavy atom. The van der Waals surface area contributed by atoms with Crippen molar-refractivity contribution in [1.82, 2.24) is 15.1 Å². The van der Waals surface area contributed by atoms with Gasteiger partial charge in [0.25, 0.3) is 5.91 Å². The van der Waals surface area contributed by atoms with Crippen LogP contribution in [-0.4, -0.2) is 21.9 Å². The van der Waals surface area contributed by atoms with E-state index in [1.807, 2.05) is 13.8 Å². The molecule has 0 saturated heterocycles. The van der Waals surface area contributed by atoms with Gasteiger partial charge in [-0.25, -0.2) is 4.68 Å². The molecule has 226 valence electrons. The fourth-order valence-corrected chi connectivity index (χ4v) is 5.79. The lowest BCUT2D eigenvalue weighted by Gasteiger charge is -2.35. The molecule has 4 aromatic rings. The van der Waals surface area contributed by atoms with Crippen molar-refractivity contribution in [2.45, 2.75) is 63.1 Å². The average molecular weight is 601 g/mol. The number of nitrogens with zero attached hydrogens (tertiary/aromatic N) is 2. The third kappa shape index (κ3) is 5.85. The molecule has 1 amide bonds. The van der Waals surface area contributed by atoms with Crippen molar-refractivity contribution in [3.05, 3.63) is 107 Å². The maximum atomic E-state index is 14.1. The summed E-state index contributed by atoms with van der Waals surface area (Å²) in [6, 6.07) is 17.8. The molecule has 1 aromatic heterocycles. The van der Waals surface area contributed by atoms with Crippen molar-refractivity contribution in [3.8, 4) is 11.1 Å². The van der Waals surface area contributed by atoms with Gasteiger partial charge >= 0.3 is 12.4 Å². The molecular weight excluding hydrogens is 570 g/mol. The molecule has 5 rings (SSSR count). The molecule has 2 heterocycles. The van der Waals surface area contributed by atoms with Crippen LogP contribution in [0.3, 0.4) is 0 Å². The maximum absolute atomic E-state index is 14.1. The Hall–Kier alpha value is -4.28. The fourth-order valence-electron chi connectivity index (χ4n) is 5.79. The molecule has 5 nitrogen and oxygen atoms in total. The van der Waals surface area contributed by atoms with Crippen LogP contribution in [0.15, 0.2) is 85.1 Å². The van der Waals surface area contributed by atoms with Gasteiger partial charge in [0.1, 0.15) is 11.4 Å². The SMILES string of the molecule is CCC(CC)(NC(=O)c1cnn2c1NC(c1ccccc1)CC2C(F)(F)F)c1cccc(-c2ccccc2C(F)(F)F)c1. The van der Waals surface area contributed by atoms with Crippen LogP contribution in [0.1, 0.15) is 72.2 Å². The van der Waals surface area contributed by atoms with Crippen molar-refractivity contribution >= 4 is 11.7 Å². The topological polar surface area (TPSA) is 59.0 Å². The van der Waals surface area contributed by atoms with E-state index >= 15 is 0 Å². The number of fused-ring (bicyclic) bond motifs is 1. The molecule has 2 unspecified atom stereocenters. The van der Waals surface area contributed by atoms with Crippen LogP contribution in [0, 0.1) is 0 Å². The highest BCUT2D eigenvalue weighted by Gasteiger charge is 2.47. The van der Waals surface area contributed by atoms with Gasteiger partial charge in [-0.3, -0.25) is 4.79 Å². The van der Waals surface area contributed by atoms with Crippen LogP contribution in [0.5, 0.6) is 0 Å². The van der Waals surface area contributed by atoms with Gasteiger partial charge in [0.05, 0.1) is 23.3 Å². The van der Waals surface area contributed by atoms with Crippen molar-refractivity contribution in [2.24, 2.45) is 0 Å². The Balaban J connectivity index is 1.51. The Labute approximate surface area is 244 Å². The summed E-state index contributed by atoms with van der Waals surface area (Å²) < 4.78 is 84.5. The number of hydrogen-bond donors (Lipinski definition) is 2. The number of anilines is 1. The van der Waals surface area contributed by atoms with E-state index in [-0.39, 0.29) is 23.4 Å². The van der Waals surface area contributed by atoms with Crippen molar-refractivity contribution in [1.29, 1.82) is 0 Å². The third-order valence-corrected chi connectivity index (χ3v) is 8.20. The lowest BCUT2D eigenvalue weighted by atomic mass is 9.82. The number of carbonyl (C=O) groups is 1. The molecule has 0 saturated carbocycles. The van der Waals surface area contributed by atoms with Crippen LogP contribution in [0.4, 0.5) is 32.2 Å². The lowest BCUT2D eigenvalue weighted by Crippen LogP contribution is -2.45. The van der Waals surface area contributed by atoms with E-state index in [0.29, 0.717) is 29.5 Å². The normalized spacial score (nSPS) is 17.2. The van der Waals surface area contributed by atoms with Crippen LogP contribution in [0.25, 0.3) is 11.1 Å². The Bertz CT molecular complexity index is 1590. The number of hydrogen-bond acceptors (Lipinski definition) is 3. The highest BCUT2D eigenvalue weighted by molar-refractivity contribution is 5.99. The number of alkyl halides is 6. The Morgan fingerprint density at radius 1 is 0.930 bits per heavy atom. The van der Waals surface area contributed by atoms with E-state index in [0.717, 1.165) is 16.9 Å². The Kier molecular flexibility index (Phi) is 8.02. The number of amides is 1. The van der Waals surface area contributed by atoms with Crippen LogP contribution >= 0.6 is 0 Å². The summed E-state index contributed by atoms with van der Waals surface area (Å²) in [6.45, 7) is 3.66. The van der Waals surface area contributed by atoms with E-state index < -0.39 is 41.4 Å². The summed E-state index contributed by atoms with van der Waals surface area (Å²) in [4.78, 5) is 13.8. The predicted molar refractivity (Wildman–Crippen MR) is 151 cm³/mol. The molecule has 1 aliphatic heterocycles. The van der Waals surface area contributed by atoms with Gasteiger partial charge in [0.2, 0.25) is 0 Å². The summed E-state index contributed by atoms with van der Waals surface area (Å²) in [5, 5.41) is 10.0. The largest absolute Gasteiger partial charge is 0.417 e. The van der Waals surface area contributed by atoms with Crippen LogP contribution in [-0.2, 0) is 11.7 Å². The molecular formula is C32H30F6N4O. The van der Waals surface area contributed by atoms with E-state index in [4.69, 9.17) is 0 Å². The first kappa shape index (κ1) is 30.2. The summed E-state index contributed by atoms with van der Waals surface area (Å²) >= 11 is 0. The summed E-state index contributed by atoms with van der Waals surface area (Å²) in [7, 11) is 0. The van der Waals surface area contributed by atoms with E-state index in [9.17, 15) is 31.1 Å². The number of rotatable bonds is 7. The van der Waals surface area contributed by atoms with Crippen LogP contribution < -0.4 is 10.6 Å². The smallest absolute Gasteiger partial charge is 0.363 e. The molecule has 2 N–H and O–H groups in total. The van der Waals surface area contributed by atoms with Gasteiger partial charge in [-0.1, -0.05) is 80.6 Å².